The summed E-state index contributed by atoms with van der Waals surface area (Å²) < 4.78 is 0. The predicted octanol–water partition coefficient (Wildman–Crippen LogP) is -0.567. The van der Waals surface area contributed by atoms with Crippen molar-refractivity contribution < 1.29 is 9.59 Å². The molecule has 2 heterocycles. The van der Waals surface area contributed by atoms with Crippen molar-refractivity contribution in [3.8, 4) is 0 Å². The zero-order valence-electron chi connectivity index (χ0n) is 7.88. The summed E-state index contributed by atoms with van der Waals surface area (Å²) in [5.74, 6) is 0.000231. The Hall–Kier alpha value is -1.10. The van der Waals surface area contributed by atoms with E-state index in [1.807, 2.05) is 0 Å². The predicted molar refractivity (Wildman–Crippen MR) is 48.6 cm³/mol. The lowest BCUT2D eigenvalue weighted by Crippen LogP contribution is -2.60. The lowest BCUT2D eigenvalue weighted by molar-refractivity contribution is -0.136. The Morgan fingerprint density at radius 3 is 2.36 bits per heavy atom. The molecule has 2 N–H and O–H groups in total. The minimum atomic E-state index is -0.507. The molecule has 76 valence electrons. The summed E-state index contributed by atoms with van der Waals surface area (Å²) in [6, 6.07) is -0.108. The molecule has 1 saturated carbocycles. The van der Waals surface area contributed by atoms with Gasteiger partial charge in [0, 0.05) is 13.1 Å². The number of rotatable bonds is 1. The summed E-state index contributed by atoms with van der Waals surface area (Å²) >= 11 is 0. The van der Waals surface area contributed by atoms with Crippen LogP contribution in [0.5, 0.6) is 0 Å². The Balaban J connectivity index is 1.85. The van der Waals surface area contributed by atoms with Crippen molar-refractivity contribution in [2.24, 2.45) is 0 Å². The molecule has 0 atom stereocenters. The third kappa shape index (κ3) is 0.829. The molecule has 2 saturated heterocycles. The molecule has 1 spiro atoms. The van der Waals surface area contributed by atoms with Crippen LogP contribution in [0.2, 0.25) is 0 Å². The van der Waals surface area contributed by atoms with Crippen LogP contribution in [-0.2, 0) is 4.79 Å². The molecule has 0 unspecified atom stereocenters. The van der Waals surface area contributed by atoms with Gasteiger partial charge in [-0.1, -0.05) is 0 Å². The molecule has 2 aliphatic heterocycles. The van der Waals surface area contributed by atoms with Gasteiger partial charge in [0.1, 0.15) is 5.54 Å². The topological polar surface area (TPSA) is 61.4 Å². The SMILES string of the molecule is O=C1NC2(CCC2)C(=O)N1C1CNC1. The third-order valence-electron chi connectivity index (χ3n) is 3.53. The molecule has 0 bridgehead atoms. The molecule has 0 radical (unpaired) electrons. The lowest BCUT2D eigenvalue weighted by atomic mass is 9.76. The van der Waals surface area contributed by atoms with Gasteiger partial charge < -0.3 is 10.6 Å². The first-order valence-corrected chi connectivity index (χ1v) is 5.09. The number of nitrogens with one attached hydrogen (secondary N) is 2. The van der Waals surface area contributed by atoms with E-state index in [0.29, 0.717) is 0 Å². The zero-order chi connectivity index (χ0) is 9.76. The Morgan fingerprint density at radius 2 is 2.00 bits per heavy atom. The van der Waals surface area contributed by atoms with Gasteiger partial charge in [-0.2, -0.15) is 0 Å². The highest BCUT2D eigenvalue weighted by Crippen LogP contribution is 2.38. The summed E-state index contributed by atoms with van der Waals surface area (Å²) in [7, 11) is 0. The summed E-state index contributed by atoms with van der Waals surface area (Å²) in [5, 5.41) is 5.89. The standard InChI is InChI=1S/C9H13N3O2/c13-7-9(2-1-3-9)11-8(14)12(7)6-4-10-5-6/h6,10H,1-5H2,(H,11,14). The fourth-order valence-corrected chi connectivity index (χ4v) is 2.30. The van der Waals surface area contributed by atoms with Crippen molar-refractivity contribution in [2.75, 3.05) is 13.1 Å². The van der Waals surface area contributed by atoms with Crippen molar-refractivity contribution >= 4 is 11.9 Å². The Bertz CT molecular complexity index is 307. The van der Waals surface area contributed by atoms with E-state index in [-0.39, 0.29) is 18.0 Å². The smallest absolute Gasteiger partial charge is 0.323 e. The number of carbonyl (C=O) groups excluding carboxylic acids is 2. The second kappa shape index (κ2) is 2.48. The molecule has 5 heteroatoms. The largest absolute Gasteiger partial charge is 0.325 e. The fourth-order valence-electron chi connectivity index (χ4n) is 2.30. The van der Waals surface area contributed by atoms with Crippen LogP contribution in [0, 0.1) is 0 Å². The number of imide groups is 1. The number of hydrogen-bond acceptors (Lipinski definition) is 3. The molecule has 3 amide bonds. The van der Waals surface area contributed by atoms with Crippen molar-refractivity contribution in [2.45, 2.75) is 30.8 Å². The number of urea groups is 1. The van der Waals surface area contributed by atoms with Gasteiger partial charge in [0.05, 0.1) is 6.04 Å². The van der Waals surface area contributed by atoms with Gasteiger partial charge in [-0.25, -0.2) is 4.79 Å². The molecule has 0 aromatic rings. The van der Waals surface area contributed by atoms with Crippen LogP contribution < -0.4 is 10.6 Å². The van der Waals surface area contributed by atoms with E-state index in [9.17, 15) is 9.59 Å². The van der Waals surface area contributed by atoms with Gasteiger partial charge in [-0.05, 0) is 19.3 Å². The highest BCUT2D eigenvalue weighted by molar-refractivity contribution is 6.08. The Labute approximate surface area is 81.8 Å². The van der Waals surface area contributed by atoms with Crippen molar-refractivity contribution in [3.05, 3.63) is 0 Å². The molecule has 0 aromatic carbocycles. The maximum Gasteiger partial charge on any atom is 0.325 e. The summed E-state index contributed by atoms with van der Waals surface area (Å²) in [5.41, 5.74) is -0.507. The van der Waals surface area contributed by atoms with E-state index in [1.165, 1.54) is 4.90 Å². The molecule has 5 nitrogen and oxygen atoms in total. The highest BCUT2D eigenvalue weighted by atomic mass is 16.2. The monoisotopic (exact) mass is 195 g/mol. The second-order valence-corrected chi connectivity index (χ2v) is 4.35. The van der Waals surface area contributed by atoms with Crippen molar-refractivity contribution in [1.82, 2.24) is 15.5 Å². The van der Waals surface area contributed by atoms with Crippen LogP contribution in [0.3, 0.4) is 0 Å². The minimum Gasteiger partial charge on any atom is -0.323 e. The molecule has 14 heavy (non-hydrogen) atoms. The first-order valence-electron chi connectivity index (χ1n) is 5.09. The van der Waals surface area contributed by atoms with Crippen molar-refractivity contribution in [1.29, 1.82) is 0 Å². The van der Waals surface area contributed by atoms with Crippen LogP contribution in [0.4, 0.5) is 4.79 Å². The number of hydrogen-bond donors (Lipinski definition) is 2. The van der Waals surface area contributed by atoms with Gasteiger partial charge in [0.2, 0.25) is 0 Å². The highest BCUT2D eigenvalue weighted by Gasteiger charge is 2.56. The lowest BCUT2D eigenvalue weighted by Gasteiger charge is -2.37. The maximum atomic E-state index is 12.0. The van der Waals surface area contributed by atoms with Crippen LogP contribution >= 0.6 is 0 Å². The van der Waals surface area contributed by atoms with Crippen molar-refractivity contribution in [3.63, 3.8) is 0 Å². The van der Waals surface area contributed by atoms with Gasteiger partial charge in [-0.15, -0.1) is 0 Å². The number of carbonyl (C=O) groups is 2. The minimum absolute atomic E-state index is 0.000231. The van der Waals surface area contributed by atoms with Crippen LogP contribution in [0.25, 0.3) is 0 Å². The van der Waals surface area contributed by atoms with E-state index in [0.717, 1.165) is 32.4 Å². The molecule has 3 fully saturated rings. The van der Waals surface area contributed by atoms with E-state index in [4.69, 9.17) is 0 Å². The molecular formula is C9H13N3O2. The van der Waals surface area contributed by atoms with Crippen LogP contribution in [0.15, 0.2) is 0 Å². The maximum absolute atomic E-state index is 12.0. The second-order valence-electron chi connectivity index (χ2n) is 4.35. The molecule has 3 rings (SSSR count). The zero-order valence-corrected chi connectivity index (χ0v) is 7.88. The van der Waals surface area contributed by atoms with E-state index in [1.54, 1.807) is 0 Å². The normalized spacial score (nSPS) is 30.1. The van der Waals surface area contributed by atoms with Crippen LogP contribution in [-0.4, -0.2) is 41.5 Å². The number of amides is 3. The van der Waals surface area contributed by atoms with Gasteiger partial charge in [-0.3, -0.25) is 9.69 Å². The third-order valence-corrected chi connectivity index (χ3v) is 3.53. The molecule has 3 aliphatic rings. The average Bonchev–Trinajstić information content (AvgIpc) is 2.24. The van der Waals surface area contributed by atoms with E-state index >= 15 is 0 Å². The van der Waals surface area contributed by atoms with Gasteiger partial charge >= 0.3 is 6.03 Å². The Kier molecular flexibility index (Phi) is 1.45. The summed E-state index contributed by atoms with van der Waals surface area (Å²) in [4.78, 5) is 25.0. The van der Waals surface area contributed by atoms with Crippen LogP contribution in [0.1, 0.15) is 19.3 Å². The Morgan fingerprint density at radius 1 is 1.29 bits per heavy atom. The number of nitrogens with zero attached hydrogens (tertiary/aromatic N) is 1. The van der Waals surface area contributed by atoms with E-state index < -0.39 is 5.54 Å². The summed E-state index contributed by atoms with van der Waals surface area (Å²) in [6.45, 7) is 1.49. The first kappa shape index (κ1) is 8.23. The van der Waals surface area contributed by atoms with Gasteiger partial charge in [0.25, 0.3) is 5.91 Å². The fraction of sp³-hybridized carbons (Fsp3) is 0.778. The molecular weight excluding hydrogens is 182 g/mol. The average molecular weight is 195 g/mol. The summed E-state index contributed by atoms with van der Waals surface area (Å²) in [6.07, 6.45) is 2.67. The molecule has 1 aliphatic carbocycles. The van der Waals surface area contributed by atoms with Gasteiger partial charge in [0.15, 0.2) is 0 Å². The quantitative estimate of drug-likeness (QED) is 0.551. The van der Waals surface area contributed by atoms with E-state index in [2.05, 4.69) is 10.6 Å². The first-order chi connectivity index (χ1) is 6.73. The molecule has 0 aromatic heterocycles.